The van der Waals surface area contributed by atoms with Crippen LogP contribution in [0.4, 0.5) is 5.69 Å². The Bertz CT molecular complexity index is 998. The lowest BCUT2D eigenvalue weighted by Gasteiger charge is -2.25. The number of amides is 2. The number of carbonyl (C=O) groups excluding carboxylic acids is 2. The number of anilines is 1. The standard InChI is InChI=1S/C22H26N4O3/c1-13-6-7-14(2)19(10-13)26-20(27)9-8-17(25-26)22(28)24-12-18-16(4)21(29-5)15(3)11-23-18/h6-7,10-11H,8-9,12H2,1-5H3,(H,24,28). The maximum atomic E-state index is 12.7. The second-order valence-corrected chi connectivity index (χ2v) is 7.27. The van der Waals surface area contributed by atoms with E-state index in [2.05, 4.69) is 15.4 Å². The number of methoxy groups -OCH3 is 1. The summed E-state index contributed by atoms with van der Waals surface area (Å²) in [5.41, 5.74) is 5.58. The SMILES string of the molecule is COc1c(C)cnc(CNC(=O)C2=NN(c3cc(C)ccc3C)C(=O)CC2)c1C. The Kier molecular flexibility index (Phi) is 5.96. The first-order valence-electron chi connectivity index (χ1n) is 9.56. The highest BCUT2D eigenvalue weighted by molar-refractivity contribution is 6.40. The van der Waals surface area contributed by atoms with Gasteiger partial charge in [-0.05, 0) is 44.9 Å². The van der Waals surface area contributed by atoms with E-state index in [4.69, 9.17) is 4.74 Å². The van der Waals surface area contributed by atoms with Crippen molar-refractivity contribution in [3.8, 4) is 5.75 Å². The van der Waals surface area contributed by atoms with E-state index in [9.17, 15) is 9.59 Å². The van der Waals surface area contributed by atoms with E-state index < -0.39 is 0 Å². The molecule has 0 saturated heterocycles. The van der Waals surface area contributed by atoms with Crippen molar-refractivity contribution in [1.82, 2.24) is 10.3 Å². The minimum atomic E-state index is -0.298. The van der Waals surface area contributed by atoms with Gasteiger partial charge in [-0.15, -0.1) is 0 Å². The Morgan fingerprint density at radius 3 is 2.66 bits per heavy atom. The first kappa shape index (κ1) is 20.5. The minimum Gasteiger partial charge on any atom is -0.496 e. The smallest absolute Gasteiger partial charge is 0.267 e. The minimum absolute atomic E-state index is 0.115. The third-order valence-electron chi connectivity index (χ3n) is 5.05. The number of benzene rings is 1. The van der Waals surface area contributed by atoms with Crippen LogP contribution in [0.5, 0.6) is 5.75 Å². The van der Waals surface area contributed by atoms with Crippen molar-refractivity contribution in [3.05, 3.63) is 52.3 Å². The maximum absolute atomic E-state index is 12.7. The van der Waals surface area contributed by atoms with Crippen LogP contribution >= 0.6 is 0 Å². The normalized spacial score (nSPS) is 13.9. The molecule has 7 nitrogen and oxygen atoms in total. The summed E-state index contributed by atoms with van der Waals surface area (Å²) in [6.07, 6.45) is 2.29. The number of nitrogens with zero attached hydrogens (tertiary/aromatic N) is 3. The van der Waals surface area contributed by atoms with Crippen molar-refractivity contribution < 1.29 is 14.3 Å². The van der Waals surface area contributed by atoms with Crippen LogP contribution in [-0.4, -0.2) is 29.6 Å². The van der Waals surface area contributed by atoms with Crippen molar-refractivity contribution in [3.63, 3.8) is 0 Å². The van der Waals surface area contributed by atoms with Gasteiger partial charge in [0.1, 0.15) is 11.5 Å². The Morgan fingerprint density at radius 2 is 1.93 bits per heavy atom. The number of hydrazone groups is 1. The number of aryl methyl sites for hydroxylation is 3. The van der Waals surface area contributed by atoms with Crippen molar-refractivity contribution in [2.45, 2.75) is 47.1 Å². The summed E-state index contributed by atoms with van der Waals surface area (Å²) in [6, 6.07) is 5.83. The zero-order chi connectivity index (χ0) is 21.1. The molecule has 0 atom stereocenters. The van der Waals surface area contributed by atoms with Crippen molar-refractivity contribution in [1.29, 1.82) is 0 Å². The molecule has 0 unspecified atom stereocenters. The molecule has 2 amide bonds. The molecule has 0 saturated carbocycles. The molecule has 7 heteroatoms. The molecule has 0 aliphatic carbocycles. The van der Waals surface area contributed by atoms with Gasteiger partial charge in [0.05, 0.1) is 25.0 Å². The van der Waals surface area contributed by atoms with E-state index in [1.54, 1.807) is 13.3 Å². The number of rotatable bonds is 5. The number of hydrogen-bond donors (Lipinski definition) is 1. The van der Waals surface area contributed by atoms with E-state index in [1.165, 1.54) is 5.01 Å². The highest BCUT2D eigenvalue weighted by atomic mass is 16.5. The summed E-state index contributed by atoms with van der Waals surface area (Å²) in [6.45, 7) is 7.99. The highest BCUT2D eigenvalue weighted by Gasteiger charge is 2.26. The maximum Gasteiger partial charge on any atom is 0.267 e. The number of hydrogen-bond acceptors (Lipinski definition) is 5. The van der Waals surface area contributed by atoms with Gasteiger partial charge in [0.2, 0.25) is 5.91 Å². The molecule has 0 bridgehead atoms. The first-order chi connectivity index (χ1) is 13.8. The molecular formula is C22H26N4O3. The second-order valence-electron chi connectivity index (χ2n) is 7.27. The van der Waals surface area contributed by atoms with Crippen LogP contribution in [0.25, 0.3) is 0 Å². The summed E-state index contributed by atoms with van der Waals surface area (Å²) < 4.78 is 5.41. The molecule has 2 aromatic rings. The molecule has 0 radical (unpaired) electrons. The Balaban J connectivity index is 1.79. The van der Waals surface area contributed by atoms with E-state index in [-0.39, 0.29) is 24.8 Å². The topological polar surface area (TPSA) is 83.9 Å². The zero-order valence-corrected chi connectivity index (χ0v) is 17.5. The predicted molar refractivity (Wildman–Crippen MR) is 112 cm³/mol. The van der Waals surface area contributed by atoms with Gasteiger partial charge in [-0.3, -0.25) is 14.6 Å². The van der Waals surface area contributed by atoms with Crippen LogP contribution < -0.4 is 15.1 Å². The van der Waals surface area contributed by atoms with Crippen molar-refractivity contribution >= 4 is 23.2 Å². The monoisotopic (exact) mass is 394 g/mol. The molecule has 29 heavy (non-hydrogen) atoms. The number of aromatic nitrogens is 1. The largest absolute Gasteiger partial charge is 0.496 e. The average Bonchev–Trinajstić information content (AvgIpc) is 2.70. The number of pyridine rings is 1. The van der Waals surface area contributed by atoms with E-state index >= 15 is 0 Å². The van der Waals surface area contributed by atoms with Crippen LogP contribution in [0, 0.1) is 27.7 Å². The van der Waals surface area contributed by atoms with Gasteiger partial charge >= 0.3 is 0 Å². The first-order valence-corrected chi connectivity index (χ1v) is 9.56. The number of carbonyl (C=O) groups is 2. The summed E-state index contributed by atoms with van der Waals surface area (Å²) in [5.74, 6) is 0.357. The van der Waals surface area contributed by atoms with E-state index in [0.717, 1.165) is 33.7 Å². The lowest BCUT2D eigenvalue weighted by molar-refractivity contribution is -0.119. The highest BCUT2D eigenvalue weighted by Crippen LogP contribution is 2.26. The molecule has 0 spiro atoms. The van der Waals surface area contributed by atoms with Crippen LogP contribution in [0.15, 0.2) is 29.5 Å². The number of nitrogens with one attached hydrogen (secondary N) is 1. The average molecular weight is 394 g/mol. The predicted octanol–water partition coefficient (Wildman–Crippen LogP) is 3.12. The van der Waals surface area contributed by atoms with Crippen LogP contribution in [0.1, 0.15) is 40.8 Å². The lowest BCUT2D eigenvalue weighted by atomic mass is 10.1. The Morgan fingerprint density at radius 1 is 1.17 bits per heavy atom. The van der Waals surface area contributed by atoms with Crippen molar-refractivity contribution in [2.24, 2.45) is 5.10 Å². The Hall–Kier alpha value is -3.22. The Labute approximate surface area is 170 Å². The molecule has 3 rings (SSSR count). The van der Waals surface area contributed by atoms with Gasteiger partial charge in [-0.2, -0.15) is 5.10 Å². The fourth-order valence-corrected chi connectivity index (χ4v) is 3.37. The third-order valence-corrected chi connectivity index (χ3v) is 5.05. The van der Waals surface area contributed by atoms with Crippen LogP contribution in [-0.2, 0) is 16.1 Å². The van der Waals surface area contributed by atoms with Gasteiger partial charge in [0.25, 0.3) is 5.91 Å². The molecule has 152 valence electrons. The molecule has 1 aromatic carbocycles. The second kappa shape index (κ2) is 8.43. The lowest BCUT2D eigenvalue weighted by Crippen LogP contribution is -2.39. The van der Waals surface area contributed by atoms with Crippen molar-refractivity contribution in [2.75, 3.05) is 12.1 Å². The van der Waals surface area contributed by atoms with E-state index in [0.29, 0.717) is 17.8 Å². The van der Waals surface area contributed by atoms with Gasteiger partial charge in [0, 0.05) is 30.2 Å². The summed E-state index contributed by atoms with van der Waals surface area (Å²) >= 11 is 0. The van der Waals surface area contributed by atoms with Crippen LogP contribution in [0.3, 0.4) is 0 Å². The molecule has 1 aliphatic rings. The van der Waals surface area contributed by atoms with Gasteiger partial charge in [-0.25, -0.2) is 5.01 Å². The molecule has 1 N–H and O–H groups in total. The third kappa shape index (κ3) is 4.29. The van der Waals surface area contributed by atoms with Gasteiger partial charge in [-0.1, -0.05) is 12.1 Å². The van der Waals surface area contributed by atoms with Gasteiger partial charge < -0.3 is 10.1 Å². The molecule has 0 fully saturated rings. The van der Waals surface area contributed by atoms with Crippen LogP contribution in [0.2, 0.25) is 0 Å². The molecule has 1 aliphatic heterocycles. The molecule has 2 heterocycles. The summed E-state index contributed by atoms with van der Waals surface area (Å²) in [5, 5.41) is 8.57. The molecular weight excluding hydrogens is 368 g/mol. The summed E-state index contributed by atoms with van der Waals surface area (Å²) in [4.78, 5) is 29.5. The van der Waals surface area contributed by atoms with Gasteiger partial charge in [0.15, 0.2) is 0 Å². The molecule has 1 aromatic heterocycles. The fraction of sp³-hybridized carbons (Fsp3) is 0.364. The quantitative estimate of drug-likeness (QED) is 0.844. The van der Waals surface area contributed by atoms with E-state index in [1.807, 2.05) is 45.9 Å². The number of ether oxygens (including phenoxy) is 1. The summed E-state index contributed by atoms with van der Waals surface area (Å²) in [7, 11) is 1.62. The zero-order valence-electron chi connectivity index (χ0n) is 17.5. The fourth-order valence-electron chi connectivity index (χ4n) is 3.37.